The predicted molar refractivity (Wildman–Crippen MR) is 97.6 cm³/mol. The third-order valence-electron chi connectivity index (χ3n) is 4.91. The summed E-state index contributed by atoms with van der Waals surface area (Å²) >= 11 is 0. The Morgan fingerprint density at radius 1 is 1.24 bits per heavy atom. The summed E-state index contributed by atoms with van der Waals surface area (Å²) in [5.41, 5.74) is 1.79. The van der Waals surface area contributed by atoms with E-state index in [1.165, 1.54) is 0 Å². The number of carbonyl (C=O) groups excluding carboxylic acids is 1. The SMILES string of the molecule is C[C@@H]1CN(c2ccccc2NC(=O)N[C@@H]2CCC[C@H]2C#N)C[C@H](C)O1. The van der Waals surface area contributed by atoms with Crippen molar-refractivity contribution >= 4 is 17.4 Å². The fourth-order valence-corrected chi connectivity index (χ4v) is 3.84. The number of benzene rings is 1. The van der Waals surface area contributed by atoms with Crippen LogP contribution in [0.25, 0.3) is 0 Å². The number of ether oxygens (including phenoxy) is 1. The molecular formula is C19H26N4O2. The summed E-state index contributed by atoms with van der Waals surface area (Å²) < 4.78 is 5.80. The van der Waals surface area contributed by atoms with Crippen molar-refractivity contribution in [3.8, 4) is 6.07 Å². The number of urea groups is 1. The van der Waals surface area contributed by atoms with Gasteiger partial charge in [0.25, 0.3) is 0 Å². The van der Waals surface area contributed by atoms with Crippen molar-refractivity contribution in [2.24, 2.45) is 5.92 Å². The summed E-state index contributed by atoms with van der Waals surface area (Å²) in [4.78, 5) is 14.7. The first-order chi connectivity index (χ1) is 12.1. The van der Waals surface area contributed by atoms with E-state index in [2.05, 4.69) is 35.5 Å². The van der Waals surface area contributed by atoms with E-state index in [9.17, 15) is 4.79 Å². The largest absolute Gasteiger partial charge is 0.372 e. The molecule has 1 aliphatic carbocycles. The van der Waals surface area contributed by atoms with Crippen molar-refractivity contribution in [1.82, 2.24) is 5.32 Å². The minimum absolute atomic E-state index is 0.0550. The molecule has 6 heteroatoms. The Morgan fingerprint density at radius 3 is 2.68 bits per heavy atom. The smallest absolute Gasteiger partial charge is 0.319 e. The average Bonchev–Trinajstić information content (AvgIpc) is 3.01. The first kappa shape index (κ1) is 17.6. The highest BCUT2D eigenvalue weighted by molar-refractivity contribution is 5.93. The molecule has 1 aromatic rings. The van der Waals surface area contributed by atoms with Crippen LogP contribution in [0.5, 0.6) is 0 Å². The molecule has 0 bridgehead atoms. The fraction of sp³-hybridized carbons (Fsp3) is 0.579. The third-order valence-corrected chi connectivity index (χ3v) is 4.91. The number of nitrogens with one attached hydrogen (secondary N) is 2. The molecule has 4 atom stereocenters. The minimum atomic E-state index is -0.242. The quantitative estimate of drug-likeness (QED) is 0.885. The highest BCUT2D eigenvalue weighted by atomic mass is 16.5. The Hall–Kier alpha value is -2.26. The first-order valence-corrected chi connectivity index (χ1v) is 9.03. The van der Waals surface area contributed by atoms with Crippen LogP contribution in [-0.2, 0) is 4.74 Å². The van der Waals surface area contributed by atoms with Crippen molar-refractivity contribution in [3.05, 3.63) is 24.3 Å². The van der Waals surface area contributed by atoms with E-state index < -0.39 is 0 Å². The van der Waals surface area contributed by atoms with E-state index in [1.54, 1.807) is 0 Å². The highest BCUT2D eigenvalue weighted by Gasteiger charge is 2.29. The van der Waals surface area contributed by atoms with E-state index in [0.29, 0.717) is 0 Å². The lowest BCUT2D eigenvalue weighted by Crippen LogP contribution is -2.46. The van der Waals surface area contributed by atoms with Gasteiger partial charge >= 0.3 is 6.03 Å². The molecule has 0 radical (unpaired) electrons. The number of amides is 2. The van der Waals surface area contributed by atoms with Gasteiger partial charge in [0, 0.05) is 19.1 Å². The van der Waals surface area contributed by atoms with E-state index >= 15 is 0 Å². The number of hydrogen-bond acceptors (Lipinski definition) is 4. The van der Waals surface area contributed by atoms with Crippen molar-refractivity contribution in [2.75, 3.05) is 23.3 Å². The molecule has 2 aliphatic rings. The van der Waals surface area contributed by atoms with E-state index in [-0.39, 0.29) is 30.2 Å². The van der Waals surface area contributed by atoms with E-state index in [0.717, 1.165) is 43.7 Å². The maximum atomic E-state index is 12.4. The summed E-state index contributed by atoms with van der Waals surface area (Å²) in [6.07, 6.45) is 3.03. The molecule has 2 N–H and O–H groups in total. The van der Waals surface area contributed by atoms with E-state index in [1.807, 2.05) is 24.3 Å². The van der Waals surface area contributed by atoms with Gasteiger partial charge in [0.1, 0.15) is 0 Å². The molecule has 0 unspecified atom stereocenters. The molecule has 2 fully saturated rings. The summed E-state index contributed by atoms with van der Waals surface area (Å²) in [5.74, 6) is -0.0815. The lowest BCUT2D eigenvalue weighted by atomic mass is 10.1. The fourth-order valence-electron chi connectivity index (χ4n) is 3.84. The van der Waals surface area contributed by atoms with Gasteiger partial charge in [-0.1, -0.05) is 12.1 Å². The van der Waals surface area contributed by atoms with Crippen LogP contribution in [0.4, 0.5) is 16.2 Å². The molecule has 2 amide bonds. The normalized spacial score (nSPS) is 29.1. The van der Waals surface area contributed by atoms with Gasteiger partial charge in [-0.15, -0.1) is 0 Å². The Kier molecular flexibility index (Phi) is 5.44. The number of hydrogen-bond donors (Lipinski definition) is 2. The van der Waals surface area contributed by atoms with E-state index in [4.69, 9.17) is 10.00 Å². The molecule has 0 spiro atoms. The van der Waals surface area contributed by atoms with Crippen LogP contribution < -0.4 is 15.5 Å². The van der Waals surface area contributed by atoms with Crippen LogP contribution in [0.2, 0.25) is 0 Å². The number of nitriles is 1. The standard InChI is InChI=1S/C19H26N4O2/c1-13-11-23(12-14(2)25-13)18-9-4-3-7-17(18)22-19(24)21-16-8-5-6-15(16)10-20/h3-4,7,9,13-16H,5-6,8,11-12H2,1-2H3,(H2,21,22,24)/t13-,14+,15-,16+/m0/s1. The van der Waals surface area contributed by atoms with Gasteiger partial charge in [-0.2, -0.15) is 5.26 Å². The second-order valence-electron chi connectivity index (χ2n) is 7.05. The van der Waals surface area contributed by atoms with Crippen molar-refractivity contribution in [2.45, 2.75) is 51.4 Å². The maximum absolute atomic E-state index is 12.4. The predicted octanol–water partition coefficient (Wildman–Crippen LogP) is 3.11. The topological polar surface area (TPSA) is 77.4 Å². The van der Waals surface area contributed by atoms with Gasteiger partial charge in [0.05, 0.1) is 35.6 Å². The van der Waals surface area contributed by atoms with Crippen LogP contribution in [0.3, 0.4) is 0 Å². The molecule has 1 saturated heterocycles. The Bertz CT molecular complexity index is 647. The third kappa shape index (κ3) is 4.23. The molecule has 6 nitrogen and oxygen atoms in total. The van der Waals surface area contributed by atoms with Crippen LogP contribution in [0.15, 0.2) is 24.3 Å². The van der Waals surface area contributed by atoms with Gasteiger partial charge in [0.15, 0.2) is 0 Å². The Balaban J connectivity index is 1.68. The lowest BCUT2D eigenvalue weighted by molar-refractivity contribution is -0.00517. The van der Waals surface area contributed by atoms with Crippen molar-refractivity contribution in [3.63, 3.8) is 0 Å². The van der Waals surface area contributed by atoms with Crippen LogP contribution in [-0.4, -0.2) is 37.4 Å². The van der Waals surface area contributed by atoms with Crippen molar-refractivity contribution in [1.29, 1.82) is 5.26 Å². The zero-order valence-electron chi connectivity index (χ0n) is 14.9. The molecule has 1 aliphatic heterocycles. The summed E-state index contributed by atoms with van der Waals surface area (Å²) in [5, 5.41) is 15.1. The molecule has 134 valence electrons. The van der Waals surface area contributed by atoms with Crippen LogP contribution in [0, 0.1) is 17.2 Å². The molecular weight excluding hydrogens is 316 g/mol. The summed E-state index contributed by atoms with van der Waals surface area (Å²) in [6, 6.07) is 9.82. The number of para-hydroxylation sites is 2. The second kappa shape index (κ2) is 7.75. The minimum Gasteiger partial charge on any atom is -0.372 e. The van der Waals surface area contributed by atoms with Crippen molar-refractivity contribution < 1.29 is 9.53 Å². The molecule has 0 aromatic heterocycles. The molecule has 3 rings (SSSR count). The average molecular weight is 342 g/mol. The van der Waals surface area contributed by atoms with Gasteiger partial charge in [0.2, 0.25) is 0 Å². The number of carbonyl (C=O) groups is 1. The van der Waals surface area contributed by atoms with Gasteiger partial charge in [-0.25, -0.2) is 4.79 Å². The second-order valence-corrected chi connectivity index (χ2v) is 7.05. The maximum Gasteiger partial charge on any atom is 0.319 e. The summed E-state index contributed by atoms with van der Waals surface area (Å²) in [7, 11) is 0. The van der Waals surface area contributed by atoms with Gasteiger partial charge in [-0.05, 0) is 45.2 Å². The Morgan fingerprint density at radius 2 is 1.96 bits per heavy atom. The number of morpholine rings is 1. The monoisotopic (exact) mass is 342 g/mol. The summed E-state index contributed by atoms with van der Waals surface area (Å²) in [6.45, 7) is 5.72. The zero-order chi connectivity index (χ0) is 17.8. The van der Waals surface area contributed by atoms with Crippen LogP contribution in [0.1, 0.15) is 33.1 Å². The number of anilines is 2. The van der Waals surface area contributed by atoms with Gasteiger partial charge < -0.3 is 20.3 Å². The lowest BCUT2D eigenvalue weighted by Gasteiger charge is -2.37. The number of nitrogens with zero attached hydrogens (tertiary/aromatic N) is 2. The molecule has 1 heterocycles. The van der Waals surface area contributed by atoms with Gasteiger partial charge in [-0.3, -0.25) is 0 Å². The first-order valence-electron chi connectivity index (χ1n) is 9.03. The molecule has 25 heavy (non-hydrogen) atoms. The number of rotatable bonds is 3. The van der Waals surface area contributed by atoms with Crippen LogP contribution >= 0.6 is 0 Å². The zero-order valence-corrected chi connectivity index (χ0v) is 14.9. The molecule has 1 saturated carbocycles. The molecule has 1 aromatic carbocycles. The highest BCUT2D eigenvalue weighted by Crippen LogP contribution is 2.29. The Labute approximate surface area is 149 Å².